The molecule has 0 heterocycles. The molecule has 0 aliphatic carbocycles. The first-order valence-corrected chi connectivity index (χ1v) is 47.6. The van der Waals surface area contributed by atoms with E-state index in [0.29, 0.717) is 112 Å². The predicted molar refractivity (Wildman–Crippen MR) is 571 cm³/mol. The van der Waals surface area contributed by atoms with E-state index in [1.807, 2.05) is 206 Å². The van der Waals surface area contributed by atoms with Gasteiger partial charge in [-0.15, -0.1) is 0 Å². The molecule has 0 saturated carbocycles. The Bertz CT molecular complexity index is 8440. The lowest BCUT2D eigenvalue weighted by atomic mass is 9.91. The molecule has 0 bridgehead atoms. The standard InChI is InChI=1S/C66H42F6N2.C64H36F8N2/c1-39-3-27-59(71)63(31-39)73(55-35-47(41-5-17-51(67)18-6-41)33-48(36-55)42-7-19-52(68)20-8-42)61-29-15-45-14-26-58-62(30-16-46-13-25-57(61)65(45)66(46)58)74(64-32-40(2)4-28-60(64)72)56-37-49(43-9-21-53(69)22-10-43)34-50(38-56)44-11-23-54(70)24-12-44;65-47-13-1-37(2-14-47)43-25-44(38-3-15-48(66)16-4-38)28-55(27-43)73(57-33-51(69)31-52(70)34-57)61-23-11-41-10-22-60-62(24-12-42-9-21-59(61)63(41)64(42)60)74(58-35-53(71)32-54(72)36-58)56-29-45(39-5-17-49(67)18-6-39)26-46(30-56)40-7-19-50(68)20-8-40/h3-38H,1-2H3;1-36H. The van der Waals surface area contributed by atoms with Crippen LogP contribution in [0.25, 0.3) is 154 Å². The van der Waals surface area contributed by atoms with Crippen molar-refractivity contribution in [1.29, 1.82) is 0 Å². The van der Waals surface area contributed by atoms with Crippen molar-refractivity contribution in [3.05, 3.63) is 529 Å². The van der Waals surface area contributed by atoms with E-state index in [2.05, 4.69) is 0 Å². The second-order valence-electron chi connectivity index (χ2n) is 36.8. The molecule has 716 valence electrons. The molecule has 0 fully saturated rings. The van der Waals surface area contributed by atoms with Crippen LogP contribution in [0.15, 0.2) is 437 Å². The van der Waals surface area contributed by atoms with E-state index in [4.69, 9.17) is 0 Å². The van der Waals surface area contributed by atoms with Gasteiger partial charge in [0.15, 0.2) is 0 Å². The molecule has 0 spiro atoms. The minimum absolute atomic E-state index is 0.150. The fraction of sp³-hybridized carbons (Fsp3) is 0.0154. The molecule has 0 atom stereocenters. The van der Waals surface area contributed by atoms with Gasteiger partial charge in [-0.05, 0) is 400 Å². The van der Waals surface area contributed by atoms with Crippen LogP contribution in [-0.2, 0) is 0 Å². The fourth-order valence-corrected chi connectivity index (χ4v) is 20.3. The number of hydrogen-bond acceptors (Lipinski definition) is 4. The topological polar surface area (TPSA) is 13.0 Å². The van der Waals surface area contributed by atoms with Crippen LogP contribution in [-0.4, -0.2) is 0 Å². The van der Waals surface area contributed by atoms with Gasteiger partial charge in [0.25, 0.3) is 0 Å². The van der Waals surface area contributed by atoms with Gasteiger partial charge in [0.05, 0.1) is 45.5 Å². The SMILES string of the molecule is Cc1ccc(F)c(N(c2cc(-c3ccc(F)cc3)cc(-c3ccc(F)cc3)c2)c2ccc3ccc4c(N(c5cc(-c6ccc(F)cc6)cc(-c6ccc(F)cc6)c5)c5cc(C)ccc5F)ccc5ccc2c3c54)c1.Fc1ccc(-c2cc(-c3ccc(F)cc3)cc(N(c3cc(F)cc(F)c3)c3ccc4ccc5c(N(c6cc(F)cc(F)c6)c6cc(-c7ccc(F)cc7)cc(-c7ccc(F)cc7)c6)ccc6ccc3c4c65)c2)cc1. The summed E-state index contributed by atoms with van der Waals surface area (Å²) in [6.07, 6.45) is 0. The molecule has 0 unspecified atom stereocenters. The summed E-state index contributed by atoms with van der Waals surface area (Å²) in [5.74, 6) is -7.47. The maximum atomic E-state index is 16.8. The second-order valence-corrected chi connectivity index (χ2v) is 36.8. The van der Waals surface area contributed by atoms with E-state index in [1.165, 1.54) is 133 Å². The molecular weight excluding hydrogens is 1880 g/mol. The molecular formula is C130H78F14N4. The first-order chi connectivity index (χ1) is 71.8. The number of aryl methyl sites for hydroxylation is 2. The highest BCUT2D eigenvalue weighted by molar-refractivity contribution is 6.30. The predicted octanol–water partition coefficient (Wildman–Crippen LogP) is 38.9. The van der Waals surface area contributed by atoms with Gasteiger partial charge in [-0.1, -0.05) is 182 Å². The average molecular weight is 1960 g/mol. The third-order valence-electron chi connectivity index (χ3n) is 27.2. The summed E-state index contributed by atoms with van der Waals surface area (Å²) in [6, 6.07) is 119. The van der Waals surface area contributed by atoms with Crippen molar-refractivity contribution >= 4 is 133 Å². The zero-order valence-corrected chi connectivity index (χ0v) is 78.6. The first kappa shape index (κ1) is 93.2. The Morgan fingerprint density at radius 1 is 0.128 bits per heavy atom. The van der Waals surface area contributed by atoms with Gasteiger partial charge in [0, 0.05) is 56.4 Å². The second kappa shape index (κ2) is 38.4. The Morgan fingerprint density at radius 3 is 0.507 bits per heavy atom. The number of anilines is 12. The van der Waals surface area contributed by atoms with Gasteiger partial charge < -0.3 is 19.6 Å². The van der Waals surface area contributed by atoms with Gasteiger partial charge in [-0.2, -0.15) is 0 Å². The van der Waals surface area contributed by atoms with E-state index >= 15 is 26.3 Å². The minimum atomic E-state index is -0.819. The van der Waals surface area contributed by atoms with Crippen molar-refractivity contribution in [3.8, 4) is 89.0 Å². The van der Waals surface area contributed by atoms with Crippen molar-refractivity contribution in [2.24, 2.45) is 0 Å². The molecule has 24 aromatic rings. The summed E-state index contributed by atoms with van der Waals surface area (Å²) in [5, 5.41) is 9.76. The van der Waals surface area contributed by atoms with Crippen LogP contribution < -0.4 is 19.6 Å². The maximum Gasteiger partial charge on any atom is 0.147 e. The van der Waals surface area contributed by atoms with Crippen molar-refractivity contribution in [2.75, 3.05) is 19.6 Å². The highest BCUT2D eigenvalue weighted by Gasteiger charge is 2.31. The number of benzene rings is 24. The van der Waals surface area contributed by atoms with Crippen LogP contribution in [0, 0.1) is 95.3 Å². The summed E-state index contributed by atoms with van der Waals surface area (Å²) in [4.78, 5) is 7.31. The summed E-state index contributed by atoms with van der Waals surface area (Å²) in [7, 11) is 0. The zero-order valence-electron chi connectivity index (χ0n) is 78.6. The molecule has 0 radical (unpaired) electrons. The van der Waals surface area contributed by atoms with Crippen LogP contribution >= 0.6 is 0 Å². The lowest BCUT2D eigenvalue weighted by Crippen LogP contribution is -2.14. The Morgan fingerprint density at radius 2 is 0.304 bits per heavy atom. The summed E-state index contributed by atoms with van der Waals surface area (Å²) in [5.41, 5.74) is 18.1. The van der Waals surface area contributed by atoms with Crippen LogP contribution in [0.1, 0.15) is 11.1 Å². The third kappa shape index (κ3) is 18.2. The molecule has 148 heavy (non-hydrogen) atoms. The minimum Gasteiger partial charge on any atom is -0.310 e. The highest BCUT2D eigenvalue weighted by Crippen LogP contribution is 2.55. The Hall–Kier alpha value is -18.4. The molecule has 0 amide bonds. The quantitative estimate of drug-likeness (QED) is 0.0557. The molecule has 0 saturated heterocycles. The fourth-order valence-electron chi connectivity index (χ4n) is 20.3. The van der Waals surface area contributed by atoms with Gasteiger partial charge in [-0.3, -0.25) is 0 Å². The molecule has 24 aromatic carbocycles. The number of hydrogen-bond donors (Lipinski definition) is 0. The maximum absolute atomic E-state index is 16.8. The van der Waals surface area contributed by atoms with E-state index in [1.54, 1.807) is 119 Å². The monoisotopic (exact) mass is 1960 g/mol. The number of rotatable bonds is 20. The lowest BCUT2D eigenvalue weighted by Gasteiger charge is -2.30. The van der Waals surface area contributed by atoms with Crippen molar-refractivity contribution in [2.45, 2.75) is 13.8 Å². The molecule has 0 aromatic heterocycles. The molecule has 18 heteroatoms. The number of nitrogens with zero attached hydrogens (tertiary/aromatic N) is 4. The third-order valence-corrected chi connectivity index (χ3v) is 27.2. The summed E-state index contributed by atoms with van der Waals surface area (Å²) in [6.45, 7) is 3.82. The van der Waals surface area contributed by atoms with Crippen molar-refractivity contribution in [3.63, 3.8) is 0 Å². The molecule has 0 N–H and O–H groups in total. The average Bonchev–Trinajstić information content (AvgIpc) is 0.718. The van der Waals surface area contributed by atoms with E-state index in [9.17, 15) is 35.1 Å². The Kier molecular flexibility index (Phi) is 24.2. The Labute approximate surface area is 841 Å². The summed E-state index contributed by atoms with van der Waals surface area (Å²) < 4.78 is 210. The molecule has 0 aliphatic heterocycles. The molecule has 0 aliphatic rings. The van der Waals surface area contributed by atoms with Gasteiger partial charge in [0.2, 0.25) is 0 Å². The van der Waals surface area contributed by atoms with E-state index in [-0.39, 0.29) is 34.6 Å². The summed E-state index contributed by atoms with van der Waals surface area (Å²) >= 11 is 0. The largest absolute Gasteiger partial charge is 0.310 e. The van der Waals surface area contributed by atoms with E-state index in [0.717, 1.165) is 122 Å². The van der Waals surface area contributed by atoms with Crippen LogP contribution in [0.2, 0.25) is 0 Å². The van der Waals surface area contributed by atoms with Crippen LogP contribution in [0.4, 0.5) is 130 Å². The highest BCUT2D eigenvalue weighted by atomic mass is 19.2. The van der Waals surface area contributed by atoms with Gasteiger partial charge in [-0.25, -0.2) is 61.5 Å². The normalized spacial score (nSPS) is 11.5. The van der Waals surface area contributed by atoms with Gasteiger partial charge >= 0.3 is 0 Å². The van der Waals surface area contributed by atoms with Crippen molar-refractivity contribution < 1.29 is 61.5 Å². The van der Waals surface area contributed by atoms with E-state index < -0.39 is 58.2 Å². The van der Waals surface area contributed by atoms with Gasteiger partial charge in [0.1, 0.15) is 81.4 Å². The van der Waals surface area contributed by atoms with Crippen LogP contribution in [0.3, 0.4) is 0 Å². The van der Waals surface area contributed by atoms with Crippen molar-refractivity contribution in [1.82, 2.24) is 0 Å². The molecule has 24 rings (SSSR count). The zero-order chi connectivity index (χ0) is 102. The smallest absolute Gasteiger partial charge is 0.147 e. The lowest BCUT2D eigenvalue weighted by molar-refractivity contribution is 0.583. The van der Waals surface area contributed by atoms with Crippen LogP contribution in [0.5, 0.6) is 0 Å². The Balaban J connectivity index is 0.000000163. The first-order valence-electron chi connectivity index (χ1n) is 47.6. The molecule has 4 nitrogen and oxygen atoms in total. The number of halogens is 14.